The van der Waals surface area contributed by atoms with E-state index in [1.54, 1.807) is 0 Å². The molecule has 5 nitrogen and oxygen atoms in total. The third-order valence-electron chi connectivity index (χ3n) is 9.41. The highest BCUT2D eigenvalue weighted by molar-refractivity contribution is 7.00. The topological polar surface area (TPSA) is 54.0 Å². The summed E-state index contributed by atoms with van der Waals surface area (Å²) in [6.07, 6.45) is 1.84. The van der Waals surface area contributed by atoms with Crippen molar-refractivity contribution in [2.24, 2.45) is 0 Å². The first-order valence-electron chi connectivity index (χ1n) is 17.0. The van der Waals surface area contributed by atoms with Crippen LogP contribution in [0.3, 0.4) is 0 Å². The standard InChI is InChI=1S/C41H50O5Si2/c1-8-21-32-30-37(46-48(41(5,6)7,35-26-17-11-18-27-35)36-28-19-12-20-29-36)38(45-39(42)44-32)31-43-47(40(2,3)4,33-22-13-9-14-23-33)34-24-15-10-16-25-34/h8-29,32,37-38H,30-31H2,1-7H3/b21-8-/t32-,37+,38-/m1/s1. The van der Waals surface area contributed by atoms with Gasteiger partial charge in [0.25, 0.3) is 16.6 Å². The van der Waals surface area contributed by atoms with Crippen LogP contribution >= 0.6 is 0 Å². The summed E-state index contributed by atoms with van der Waals surface area (Å²) in [5.41, 5.74) is 0. The second-order valence-electron chi connectivity index (χ2n) is 14.6. The molecule has 0 saturated carbocycles. The molecule has 3 atom stereocenters. The predicted molar refractivity (Wildman–Crippen MR) is 201 cm³/mol. The molecular weight excluding hydrogens is 629 g/mol. The third kappa shape index (κ3) is 7.15. The third-order valence-corrected chi connectivity index (χ3v) is 19.5. The Bertz CT molecular complexity index is 1550. The van der Waals surface area contributed by atoms with Gasteiger partial charge in [-0.15, -0.1) is 0 Å². The van der Waals surface area contributed by atoms with Crippen LogP contribution in [0.15, 0.2) is 133 Å². The van der Waals surface area contributed by atoms with Crippen LogP contribution in [0.25, 0.3) is 0 Å². The number of ether oxygens (including phenoxy) is 2. The second-order valence-corrected chi connectivity index (χ2v) is 23.2. The van der Waals surface area contributed by atoms with E-state index < -0.39 is 41.1 Å². The predicted octanol–water partition coefficient (Wildman–Crippen LogP) is 7.38. The lowest BCUT2D eigenvalue weighted by Crippen LogP contribution is -2.69. The molecule has 48 heavy (non-hydrogen) atoms. The van der Waals surface area contributed by atoms with Crippen molar-refractivity contribution in [3.63, 3.8) is 0 Å². The number of carbonyl (C=O) groups is 1. The number of carbonyl (C=O) groups excluding carboxylic acids is 1. The van der Waals surface area contributed by atoms with E-state index in [0.717, 1.165) is 20.7 Å². The summed E-state index contributed by atoms with van der Waals surface area (Å²) in [6, 6.07) is 42.2. The molecule has 0 spiro atoms. The summed E-state index contributed by atoms with van der Waals surface area (Å²) in [5, 5.41) is 4.13. The van der Waals surface area contributed by atoms with Crippen LogP contribution in [0.1, 0.15) is 54.9 Å². The zero-order valence-electron chi connectivity index (χ0n) is 29.4. The van der Waals surface area contributed by atoms with E-state index >= 15 is 0 Å². The van der Waals surface area contributed by atoms with Crippen LogP contribution in [-0.4, -0.2) is 47.7 Å². The molecule has 1 saturated heterocycles. The number of cyclic esters (lactones) is 2. The maximum absolute atomic E-state index is 13.3. The number of hydrogen-bond acceptors (Lipinski definition) is 5. The first-order chi connectivity index (χ1) is 22.9. The van der Waals surface area contributed by atoms with Crippen LogP contribution in [0.5, 0.6) is 0 Å². The molecule has 4 aromatic carbocycles. The summed E-state index contributed by atoms with van der Waals surface area (Å²) in [7, 11) is -5.98. The van der Waals surface area contributed by atoms with E-state index in [1.807, 2.05) is 43.3 Å². The number of allylic oxidation sites excluding steroid dienone is 1. The van der Waals surface area contributed by atoms with Crippen molar-refractivity contribution < 1.29 is 23.1 Å². The van der Waals surface area contributed by atoms with Gasteiger partial charge in [-0.05, 0) is 43.8 Å². The molecule has 0 unspecified atom stereocenters. The Morgan fingerprint density at radius 3 is 1.42 bits per heavy atom. The zero-order valence-corrected chi connectivity index (χ0v) is 31.4. The van der Waals surface area contributed by atoms with E-state index in [-0.39, 0.29) is 16.7 Å². The van der Waals surface area contributed by atoms with Gasteiger partial charge in [0.1, 0.15) is 6.10 Å². The van der Waals surface area contributed by atoms with Crippen LogP contribution < -0.4 is 20.7 Å². The Morgan fingerprint density at radius 1 is 0.646 bits per heavy atom. The highest BCUT2D eigenvalue weighted by Crippen LogP contribution is 2.40. The SMILES string of the molecule is C/C=C\[C@@H]1C[C@H](O[Si](c2ccccc2)(c2ccccc2)C(C)(C)C)[C@@H](CO[Si](c2ccccc2)(c2ccccc2)C(C)(C)C)OC(=O)O1. The smallest absolute Gasteiger partial charge is 0.427 e. The normalized spacial score (nSPS) is 19.4. The van der Waals surface area contributed by atoms with E-state index in [4.69, 9.17) is 18.3 Å². The zero-order chi connectivity index (χ0) is 34.4. The largest absolute Gasteiger partial charge is 0.509 e. The Labute approximate surface area is 289 Å². The number of hydrogen-bond donors (Lipinski definition) is 0. The molecule has 0 bridgehead atoms. The molecule has 0 aliphatic carbocycles. The first-order valence-corrected chi connectivity index (χ1v) is 20.8. The Kier molecular flexibility index (Phi) is 11.0. The van der Waals surface area contributed by atoms with Gasteiger partial charge < -0.3 is 18.3 Å². The molecule has 0 amide bonds. The highest BCUT2D eigenvalue weighted by Gasteiger charge is 2.55. The van der Waals surface area contributed by atoms with Crippen LogP contribution in [0, 0.1) is 0 Å². The minimum atomic E-state index is -3.03. The lowest BCUT2D eigenvalue weighted by atomic mass is 10.1. The molecule has 5 rings (SSSR count). The van der Waals surface area contributed by atoms with Crippen molar-refractivity contribution in [3.05, 3.63) is 133 Å². The molecule has 0 aromatic heterocycles. The molecule has 4 aromatic rings. The number of benzene rings is 4. The summed E-state index contributed by atoms with van der Waals surface area (Å²) in [5.74, 6) is 0. The summed E-state index contributed by atoms with van der Waals surface area (Å²) >= 11 is 0. The maximum atomic E-state index is 13.3. The quantitative estimate of drug-likeness (QED) is 0.0996. The van der Waals surface area contributed by atoms with Gasteiger partial charge in [0.05, 0.1) is 12.7 Å². The Morgan fingerprint density at radius 2 is 1.04 bits per heavy atom. The van der Waals surface area contributed by atoms with Crippen LogP contribution in [0.4, 0.5) is 4.79 Å². The van der Waals surface area contributed by atoms with Gasteiger partial charge in [-0.2, -0.15) is 0 Å². The lowest BCUT2D eigenvalue weighted by molar-refractivity contribution is -0.0192. The fourth-order valence-corrected chi connectivity index (χ4v) is 16.6. The lowest BCUT2D eigenvalue weighted by Gasteiger charge is -2.47. The van der Waals surface area contributed by atoms with Gasteiger partial charge in [-0.1, -0.05) is 169 Å². The molecular formula is C41H50O5Si2. The molecule has 1 fully saturated rings. The summed E-state index contributed by atoms with van der Waals surface area (Å²) in [4.78, 5) is 13.3. The Hall–Kier alpha value is -3.76. The molecule has 7 heteroatoms. The molecule has 1 aliphatic rings. The van der Waals surface area contributed by atoms with Gasteiger partial charge in [0.15, 0.2) is 6.10 Å². The fourth-order valence-electron chi connectivity index (χ4n) is 7.26. The van der Waals surface area contributed by atoms with Gasteiger partial charge in [-0.3, -0.25) is 0 Å². The Balaban J connectivity index is 1.65. The van der Waals surface area contributed by atoms with E-state index in [2.05, 4.69) is 139 Å². The van der Waals surface area contributed by atoms with Gasteiger partial charge in [-0.25, -0.2) is 4.79 Å². The molecule has 0 radical (unpaired) electrons. The van der Waals surface area contributed by atoms with Crippen LogP contribution in [0.2, 0.25) is 10.1 Å². The van der Waals surface area contributed by atoms with Crippen molar-refractivity contribution in [2.75, 3.05) is 6.61 Å². The van der Waals surface area contributed by atoms with Crippen molar-refractivity contribution in [3.8, 4) is 0 Å². The van der Waals surface area contributed by atoms with Crippen LogP contribution in [-0.2, 0) is 18.3 Å². The van der Waals surface area contributed by atoms with E-state index in [0.29, 0.717) is 6.42 Å². The average molecular weight is 679 g/mol. The molecule has 1 heterocycles. The fraction of sp³-hybridized carbons (Fsp3) is 0.341. The highest BCUT2D eigenvalue weighted by atomic mass is 28.4. The summed E-state index contributed by atoms with van der Waals surface area (Å²) in [6.45, 7) is 15.6. The summed E-state index contributed by atoms with van der Waals surface area (Å²) < 4.78 is 27.1. The molecule has 1 aliphatic heterocycles. The minimum absolute atomic E-state index is 0.161. The van der Waals surface area contributed by atoms with Crippen molar-refractivity contribution in [1.82, 2.24) is 0 Å². The number of rotatable bonds is 10. The van der Waals surface area contributed by atoms with E-state index in [1.165, 1.54) is 0 Å². The monoisotopic (exact) mass is 678 g/mol. The first kappa shape index (κ1) is 35.5. The van der Waals surface area contributed by atoms with Crippen molar-refractivity contribution in [2.45, 2.75) is 83.3 Å². The maximum Gasteiger partial charge on any atom is 0.509 e. The van der Waals surface area contributed by atoms with Crippen molar-refractivity contribution in [1.29, 1.82) is 0 Å². The second kappa shape index (κ2) is 14.8. The van der Waals surface area contributed by atoms with Gasteiger partial charge in [0, 0.05) is 6.42 Å². The average Bonchev–Trinajstić information content (AvgIpc) is 3.21. The van der Waals surface area contributed by atoms with Gasteiger partial charge in [0.2, 0.25) is 0 Å². The molecule has 252 valence electrons. The molecule has 0 N–H and O–H groups in total. The van der Waals surface area contributed by atoms with Gasteiger partial charge >= 0.3 is 6.16 Å². The van der Waals surface area contributed by atoms with Crippen molar-refractivity contribution >= 4 is 43.5 Å². The minimum Gasteiger partial charge on any atom is -0.427 e. The van der Waals surface area contributed by atoms with E-state index in [9.17, 15) is 4.79 Å².